The average Bonchev–Trinajstić information content (AvgIpc) is 2.54. The molecule has 0 saturated heterocycles. The standard InChI is InChI=1S/C17H16BrNO3/c1-2-9-22-17(21)12-3-6-15(7-4-12)19-11-13-10-14(18)5-8-16(13)20/h3-8,10-11,20H,2,9H2,1H3. The monoisotopic (exact) mass is 361 g/mol. The van der Waals surface area contributed by atoms with Gasteiger partial charge in [0.15, 0.2) is 0 Å². The van der Waals surface area contributed by atoms with Crippen LogP contribution < -0.4 is 0 Å². The van der Waals surface area contributed by atoms with Crippen molar-refractivity contribution in [2.24, 2.45) is 4.99 Å². The minimum atomic E-state index is -0.331. The zero-order chi connectivity index (χ0) is 15.9. The molecule has 2 aromatic carbocycles. The normalized spacial score (nSPS) is 10.8. The number of hydrogen-bond donors (Lipinski definition) is 1. The summed E-state index contributed by atoms with van der Waals surface area (Å²) in [6.45, 7) is 2.36. The Morgan fingerprint density at radius 3 is 2.68 bits per heavy atom. The summed E-state index contributed by atoms with van der Waals surface area (Å²) in [4.78, 5) is 16.0. The van der Waals surface area contributed by atoms with E-state index >= 15 is 0 Å². The first-order chi connectivity index (χ1) is 10.6. The number of esters is 1. The maximum atomic E-state index is 11.7. The molecule has 5 heteroatoms. The predicted octanol–water partition coefficient (Wildman–Crippen LogP) is 4.47. The smallest absolute Gasteiger partial charge is 0.338 e. The molecule has 0 aliphatic heterocycles. The summed E-state index contributed by atoms with van der Waals surface area (Å²) in [7, 11) is 0. The van der Waals surface area contributed by atoms with Crippen LogP contribution in [0, 0.1) is 0 Å². The van der Waals surface area contributed by atoms with E-state index in [1.54, 1.807) is 48.7 Å². The minimum Gasteiger partial charge on any atom is -0.507 e. The Bertz CT molecular complexity index is 681. The van der Waals surface area contributed by atoms with E-state index in [1.807, 2.05) is 6.92 Å². The van der Waals surface area contributed by atoms with Gasteiger partial charge in [-0.25, -0.2) is 4.79 Å². The molecule has 2 rings (SSSR count). The van der Waals surface area contributed by atoms with Crippen LogP contribution in [0.1, 0.15) is 29.3 Å². The number of phenols is 1. The van der Waals surface area contributed by atoms with Gasteiger partial charge in [0.25, 0.3) is 0 Å². The number of rotatable bonds is 5. The lowest BCUT2D eigenvalue weighted by molar-refractivity contribution is 0.0505. The fourth-order valence-electron chi connectivity index (χ4n) is 1.73. The van der Waals surface area contributed by atoms with Crippen LogP contribution in [-0.4, -0.2) is 23.9 Å². The highest BCUT2D eigenvalue weighted by Gasteiger charge is 2.05. The third-order valence-corrected chi connectivity index (χ3v) is 3.38. The Kier molecular flexibility index (Phi) is 5.72. The molecule has 0 heterocycles. The number of ether oxygens (including phenoxy) is 1. The zero-order valence-corrected chi connectivity index (χ0v) is 13.7. The highest BCUT2D eigenvalue weighted by atomic mass is 79.9. The molecular formula is C17H16BrNO3. The number of aliphatic imine (C=N–C) groups is 1. The van der Waals surface area contributed by atoms with Gasteiger partial charge < -0.3 is 9.84 Å². The van der Waals surface area contributed by atoms with E-state index in [2.05, 4.69) is 20.9 Å². The molecule has 0 aliphatic rings. The Morgan fingerprint density at radius 1 is 1.27 bits per heavy atom. The molecule has 0 atom stereocenters. The first-order valence-electron chi connectivity index (χ1n) is 6.90. The van der Waals surface area contributed by atoms with Crippen LogP contribution in [0.15, 0.2) is 51.9 Å². The molecule has 0 fully saturated rings. The molecule has 0 spiro atoms. The molecule has 114 valence electrons. The van der Waals surface area contributed by atoms with Gasteiger partial charge in [-0.05, 0) is 48.9 Å². The van der Waals surface area contributed by atoms with Gasteiger partial charge in [0, 0.05) is 16.3 Å². The maximum Gasteiger partial charge on any atom is 0.338 e. The lowest BCUT2D eigenvalue weighted by atomic mass is 10.2. The fourth-order valence-corrected chi connectivity index (χ4v) is 2.11. The Labute approximate surface area is 137 Å². The number of phenolic OH excluding ortho intramolecular Hbond substituents is 1. The lowest BCUT2D eigenvalue weighted by Gasteiger charge is -2.03. The Hall–Kier alpha value is -2.14. The SMILES string of the molecule is CCCOC(=O)c1ccc(N=Cc2cc(Br)ccc2O)cc1. The molecule has 2 aromatic rings. The summed E-state index contributed by atoms with van der Waals surface area (Å²) < 4.78 is 5.92. The minimum absolute atomic E-state index is 0.159. The van der Waals surface area contributed by atoms with Crippen molar-refractivity contribution >= 4 is 33.8 Å². The number of halogens is 1. The quantitative estimate of drug-likeness (QED) is 0.631. The summed E-state index contributed by atoms with van der Waals surface area (Å²) in [5.41, 5.74) is 1.80. The van der Waals surface area contributed by atoms with Crippen LogP contribution in [0.2, 0.25) is 0 Å². The molecule has 0 radical (unpaired) electrons. The average molecular weight is 362 g/mol. The lowest BCUT2D eigenvalue weighted by Crippen LogP contribution is -2.05. The highest BCUT2D eigenvalue weighted by molar-refractivity contribution is 9.10. The van der Waals surface area contributed by atoms with Crippen molar-refractivity contribution in [2.75, 3.05) is 6.61 Å². The van der Waals surface area contributed by atoms with Gasteiger partial charge in [-0.1, -0.05) is 22.9 Å². The molecule has 22 heavy (non-hydrogen) atoms. The van der Waals surface area contributed by atoms with Crippen molar-refractivity contribution < 1.29 is 14.6 Å². The van der Waals surface area contributed by atoms with Crippen molar-refractivity contribution in [3.05, 3.63) is 58.1 Å². The molecule has 4 nitrogen and oxygen atoms in total. The van der Waals surface area contributed by atoms with Crippen molar-refractivity contribution in [1.82, 2.24) is 0 Å². The second-order valence-corrected chi connectivity index (χ2v) is 5.56. The largest absolute Gasteiger partial charge is 0.507 e. The predicted molar refractivity (Wildman–Crippen MR) is 90.1 cm³/mol. The van der Waals surface area contributed by atoms with Crippen molar-refractivity contribution in [3.8, 4) is 5.75 Å². The summed E-state index contributed by atoms with van der Waals surface area (Å²) in [6.07, 6.45) is 2.37. The molecule has 0 unspecified atom stereocenters. The van der Waals surface area contributed by atoms with Gasteiger partial charge in [0.2, 0.25) is 0 Å². The van der Waals surface area contributed by atoms with Gasteiger partial charge in [0.1, 0.15) is 5.75 Å². The second kappa shape index (κ2) is 7.75. The third-order valence-electron chi connectivity index (χ3n) is 2.88. The number of nitrogens with zero attached hydrogens (tertiary/aromatic N) is 1. The maximum absolute atomic E-state index is 11.7. The van der Waals surface area contributed by atoms with Gasteiger partial charge in [-0.2, -0.15) is 0 Å². The fraction of sp³-hybridized carbons (Fsp3) is 0.176. The van der Waals surface area contributed by atoms with E-state index in [0.29, 0.717) is 23.4 Å². The van der Waals surface area contributed by atoms with Gasteiger partial charge in [-0.15, -0.1) is 0 Å². The number of carbonyl (C=O) groups is 1. The van der Waals surface area contributed by atoms with Gasteiger partial charge in [-0.3, -0.25) is 4.99 Å². The molecule has 0 saturated carbocycles. The Balaban J connectivity index is 2.09. The summed E-state index contributed by atoms with van der Waals surface area (Å²) in [6, 6.07) is 11.9. The topological polar surface area (TPSA) is 58.9 Å². The molecule has 0 amide bonds. The van der Waals surface area contributed by atoms with E-state index in [9.17, 15) is 9.90 Å². The van der Waals surface area contributed by atoms with Crippen LogP contribution in [-0.2, 0) is 4.74 Å². The van der Waals surface area contributed by atoms with E-state index < -0.39 is 0 Å². The van der Waals surface area contributed by atoms with Crippen LogP contribution in [0.25, 0.3) is 0 Å². The third kappa shape index (κ3) is 4.43. The van der Waals surface area contributed by atoms with Gasteiger partial charge >= 0.3 is 5.97 Å². The van der Waals surface area contributed by atoms with E-state index in [1.165, 1.54) is 0 Å². The van der Waals surface area contributed by atoms with Crippen molar-refractivity contribution in [3.63, 3.8) is 0 Å². The van der Waals surface area contributed by atoms with E-state index in [4.69, 9.17) is 4.74 Å². The molecular weight excluding hydrogens is 346 g/mol. The van der Waals surface area contributed by atoms with Crippen LogP contribution in [0.4, 0.5) is 5.69 Å². The number of hydrogen-bond acceptors (Lipinski definition) is 4. The van der Waals surface area contributed by atoms with Crippen LogP contribution in [0.5, 0.6) is 5.75 Å². The summed E-state index contributed by atoms with van der Waals surface area (Å²) >= 11 is 3.34. The van der Waals surface area contributed by atoms with Crippen molar-refractivity contribution in [1.29, 1.82) is 0 Å². The number of aromatic hydroxyl groups is 1. The second-order valence-electron chi connectivity index (χ2n) is 4.64. The van der Waals surface area contributed by atoms with Crippen LogP contribution in [0.3, 0.4) is 0 Å². The van der Waals surface area contributed by atoms with Crippen molar-refractivity contribution in [2.45, 2.75) is 13.3 Å². The van der Waals surface area contributed by atoms with Crippen LogP contribution >= 0.6 is 15.9 Å². The number of benzene rings is 2. The zero-order valence-electron chi connectivity index (χ0n) is 12.1. The summed E-state index contributed by atoms with van der Waals surface area (Å²) in [5, 5.41) is 9.74. The first kappa shape index (κ1) is 16.2. The summed E-state index contributed by atoms with van der Waals surface area (Å²) in [5.74, 6) is -0.172. The first-order valence-corrected chi connectivity index (χ1v) is 7.69. The van der Waals surface area contributed by atoms with E-state index in [-0.39, 0.29) is 11.7 Å². The molecule has 0 aromatic heterocycles. The molecule has 0 bridgehead atoms. The molecule has 0 aliphatic carbocycles. The highest BCUT2D eigenvalue weighted by Crippen LogP contribution is 2.21. The van der Waals surface area contributed by atoms with Gasteiger partial charge in [0.05, 0.1) is 17.9 Å². The Morgan fingerprint density at radius 2 is 2.00 bits per heavy atom. The number of carbonyl (C=O) groups excluding carboxylic acids is 1. The van der Waals surface area contributed by atoms with E-state index in [0.717, 1.165) is 10.9 Å². The molecule has 1 N–H and O–H groups in total.